The van der Waals surface area contributed by atoms with E-state index in [4.69, 9.17) is 10.5 Å². The summed E-state index contributed by atoms with van der Waals surface area (Å²) in [5, 5.41) is 0. The molecule has 0 spiro atoms. The van der Waals surface area contributed by atoms with Crippen LogP contribution in [0.25, 0.3) is 0 Å². The second-order valence-corrected chi connectivity index (χ2v) is 4.59. The normalized spacial score (nSPS) is 13.9. The zero-order chi connectivity index (χ0) is 11.5. The summed E-state index contributed by atoms with van der Waals surface area (Å²) in [6, 6.07) is 8.69. The van der Waals surface area contributed by atoms with Crippen molar-refractivity contribution in [3.63, 3.8) is 0 Å². The van der Waals surface area contributed by atoms with Gasteiger partial charge in [0.05, 0.1) is 5.60 Å². The molecule has 1 rings (SSSR count). The van der Waals surface area contributed by atoms with Gasteiger partial charge in [0.15, 0.2) is 0 Å². The molecule has 0 bridgehead atoms. The molecule has 0 aromatic heterocycles. The maximum Gasteiger partial charge on any atom is 0.0871 e. The van der Waals surface area contributed by atoms with Gasteiger partial charge in [0.2, 0.25) is 0 Å². The van der Waals surface area contributed by atoms with Crippen LogP contribution in [0.2, 0.25) is 0 Å². The van der Waals surface area contributed by atoms with Gasteiger partial charge >= 0.3 is 0 Å². The molecule has 0 heterocycles. The lowest BCUT2D eigenvalue weighted by molar-refractivity contribution is 0.0192. The third-order valence-corrected chi connectivity index (χ3v) is 2.72. The van der Waals surface area contributed by atoms with Crippen LogP contribution >= 0.6 is 0 Å². The van der Waals surface area contributed by atoms with E-state index < -0.39 is 0 Å². The minimum atomic E-state index is -0.215. The van der Waals surface area contributed by atoms with Crippen LogP contribution in [0.4, 0.5) is 0 Å². The molecule has 0 amide bonds. The molecule has 2 nitrogen and oxygen atoms in total. The summed E-state index contributed by atoms with van der Waals surface area (Å²) < 4.78 is 5.42. The summed E-state index contributed by atoms with van der Waals surface area (Å²) in [4.78, 5) is 0. The lowest BCUT2D eigenvalue weighted by atomic mass is 9.96. The van der Waals surface area contributed by atoms with E-state index in [-0.39, 0.29) is 11.6 Å². The van der Waals surface area contributed by atoms with Crippen molar-refractivity contribution < 1.29 is 4.74 Å². The summed E-state index contributed by atoms with van der Waals surface area (Å²) in [5.41, 5.74) is 8.01. The summed E-state index contributed by atoms with van der Waals surface area (Å²) in [6.07, 6.45) is 0.924. The van der Waals surface area contributed by atoms with Crippen LogP contribution in [0.3, 0.4) is 0 Å². The van der Waals surface area contributed by atoms with Gasteiger partial charge in [0, 0.05) is 13.2 Å². The van der Waals surface area contributed by atoms with E-state index in [2.05, 4.69) is 38.1 Å². The summed E-state index contributed by atoms with van der Waals surface area (Å²) in [6.45, 7) is 6.15. The topological polar surface area (TPSA) is 35.2 Å². The van der Waals surface area contributed by atoms with Gasteiger partial charge in [-0.15, -0.1) is 0 Å². The minimum Gasteiger partial charge on any atom is -0.374 e. The maximum atomic E-state index is 5.75. The van der Waals surface area contributed by atoms with Gasteiger partial charge in [-0.05, 0) is 38.3 Å². The fraction of sp³-hybridized carbons (Fsp3) is 0.538. The van der Waals surface area contributed by atoms with E-state index in [1.54, 1.807) is 7.11 Å². The molecular weight excluding hydrogens is 186 g/mol. The smallest absolute Gasteiger partial charge is 0.0871 e. The number of hydrogen-bond donors (Lipinski definition) is 1. The lowest BCUT2D eigenvalue weighted by Crippen LogP contribution is -2.20. The number of nitrogens with two attached hydrogens (primary N) is 1. The van der Waals surface area contributed by atoms with Gasteiger partial charge in [0.1, 0.15) is 0 Å². The first-order valence-electron chi connectivity index (χ1n) is 5.36. The van der Waals surface area contributed by atoms with Crippen molar-refractivity contribution in [3.05, 3.63) is 35.4 Å². The number of rotatable bonds is 4. The van der Waals surface area contributed by atoms with Crippen molar-refractivity contribution >= 4 is 0 Å². The Morgan fingerprint density at radius 2 is 1.80 bits per heavy atom. The molecule has 1 unspecified atom stereocenters. The first-order valence-corrected chi connectivity index (χ1v) is 5.36. The summed E-state index contributed by atoms with van der Waals surface area (Å²) in [5.74, 6) is 0. The lowest BCUT2D eigenvalue weighted by Gasteiger charge is -2.23. The van der Waals surface area contributed by atoms with Gasteiger partial charge < -0.3 is 10.5 Å². The third kappa shape index (κ3) is 3.33. The fourth-order valence-corrected chi connectivity index (χ4v) is 1.53. The molecule has 2 N–H and O–H groups in total. The van der Waals surface area contributed by atoms with Crippen LogP contribution in [0.15, 0.2) is 24.3 Å². The molecule has 0 aliphatic heterocycles. The second kappa shape index (κ2) is 4.77. The van der Waals surface area contributed by atoms with Crippen molar-refractivity contribution in [1.29, 1.82) is 0 Å². The van der Waals surface area contributed by atoms with Gasteiger partial charge in [-0.1, -0.05) is 24.3 Å². The van der Waals surface area contributed by atoms with E-state index in [0.29, 0.717) is 0 Å². The van der Waals surface area contributed by atoms with Crippen molar-refractivity contribution in [2.24, 2.45) is 5.73 Å². The zero-order valence-electron chi connectivity index (χ0n) is 10.1. The predicted octanol–water partition coefficient (Wildman–Crippen LogP) is 2.46. The molecule has 84 valence electrons. The maximum absolute atomic E-state index is 5.75. The molecule has 0 aliphatic rings. The number of benzene rings is 1. The highest BCUT2D eigenvalue weighted by Gasteiger charge is 2.18. The van der Waals surface area contributed by atoms with E-state index in [9.17, 15) is 0 Å². The minimum absolute atomic E-state index is 0.214. The number of ether oxygens (including phenoxy) is 1. The average molecular weight is 207 g/mol. The zero-order valence-corrected chi connectivity index (χ0v) is 10.1. The molecular formula is C13H21NO. The molecule has 15 heavy (non-hydrogen) atoms. The molecule has 2 heteroatoms. The van der Waals surface area contributed by atoms with Crippen LogP contribution in [-0.4, -0.2) is 13.2 Å². The molecule has 0 saturated carbocycles. The van der Waals surface area contributed by atoms with Gasteiger partial charge in [-0.2, -0.15) is 0 Å². The number of hydrogen-bond acceptors (Lipinski definition) is 2. The second-order valence-electron chi connectivity index (χ2n) is 4.59. The molecule has 0 radical (unpaired) electrons. The molecule has 1 aromatic carbocycles. The quantitative estimate of drug-likeness (QED) is 0.823. The molecule has 0 saturated heterocycles. The fourth-order valence-electron chi connectivity index (χ4n) is 1.53. The van der Waals surface area contributed by atoms with Gasteiger partial charge in [0.25, 0.3) is 0 Å². The molecule has 1 aromatic rings. The Morgan fingerprint density at radius 1 is 1.27 bits per heavy atom. The van der Waals surface area contributed by atoms with Crippen molar-refractivity contribution in [1.82, 2.24) is 0 Å². The van der Waals surface area contributed by atoms with Crippen LogP contribution < -0.4 is 5.73 Å². The summed E-state index contributed by atoms with van der Waals surface area (Å²) in [7, 11) is 1.73. The van der Waals surface area contributed by atoms with Gasteiger partial charge in [-0.3, -0.25) is 0 Å². The van der Waals surface area contributed by atoms with Crippen LogP contribution in [-0.2, 0) is 16.8 Å². The average Bonchev–Trinajstić information content (AvgIpc) is 2.18. The van der Waals surface area contributed by atoms with Crippen LogP contribution in [0.5, 0.6) is 0 Å². The van der Waals surface area contributed by atoms with Crippen molar-refractivity contribution in [3.8, 4) is 0 Å². The van der Waals surface area contributed by atoms with E-state index in [0.717, 1.165) is 6.42 Å². The Bertz CT molecular complexity index is 301. The molecule has 1 atom stereocenters. The highest BCUT2D eigenvalue weighted by atomic mass is 16.5. The van der Waals surface area contributed by atoms with Crippen LogP contribution in [0.1, 0.15) is 31.9 Å². The Morgan fingerprint density at radius 3 is 2.20 bits per heavy atom. The van der Waals surface area contributed by atoms with Gasteiger partial charge in [-0.25, -0.2) is 0 Å². The predicted molar refractivity (Wildman–Crippen MR) is 63.8 cm³/mol. The van der Waals surface area contributed by atoms with E-state index >= 15 is 0 Å². The van der Waals surface area contributed by atoms with E-state index in [1.165, 1.54) is 11.1 Å². The highest BCUT2D eigenvalue weighted by Crippen LogP contribution is 2.23. The Hall–Kier alpha value is -0.860. The number of methoxy groups -OCH3 is 1. The Labute approximate surface area is 92.4 Å². The SMILES string of the molecule is COC(C)(C)c1ccc(CC(C)N)cc1. The summed E-state index contributed by atoms with van der Waals surface area (Å²) >= 11 is 0. The molecule has 0 aliphatic carbocycles. The third-order valence-electron chi connectivity index (χ3n) is 2.72. The van der Waals surface area contributed by atoms with Crippen LogP contribution in [0, 0.1) is 0 Å². The standard InChI is InChI=1S/C13H21NO/c1-10(14)9-11-5-7-12(8-6-11)13(2,3)15-4/h5-8,10H,9,14H2,1-4H3. The Kier molecular flexibility index (Phi) is 3.89. The molecule has 0 fully saturated rings. The van der Waals surface area contributed by atoms with E-state index in [1.807, 2.05) is 6.92 Å². The Balaban J connectivity index is 2.81. The first kappa shape index (κ1) is 12.2. The largest absolute Gasteiger partial charge is 0.374 e. The highest BCUT2D eigenvalue weighted by molar-refractivity contribution is 5.26. The monoisotopic (exact) mass is 207 g/mol. The first-order chi connectivity index (χ1) is 6.95. The van der Waals surface area contributed by atoms with Crippen molar-refractivity contribution in [2.45, 2.75) is 38.8 Å². The van der Waals surface area contributed by atoms with Crippen molar-refractivity contribution in [2.75, 3.05) is 7.11 Å².